The van der Waals surface area contributed by atoms with E-state index in [1.54, 1.807) is 6.07 Å². The summed E-state index contributed by atoms with van der Waals surface area (Å²) in [5, 5.41) is 2.83. The lowest BCUT2D eigenvalue weighted by molar-refractivity contribution is 0.521. The monoisotopic (exact) mass is 305 g/mol. The zero-order valence-corrected chi connectivity index (χ0v) is 12.3. The fourth-order valence-electron chi connectivity index (χ4n) is 1.33. The second kappa shape index (κ2) is 6.27. The molecule has 0 heterocycles. The molecule has 0 atom stereocenters. The molecule has 0 amide bonds. The lowest BCUT2D eigenvalue weighted by Gasteiger charge is -2.12. The van der Waals surface area contributed by atoms with Crippen molar-refractivity contribution in [1.82, 2.24) is 4.31 Å². The Bertz CT molecular complexity index is 573. The van der Waals surface area contributed by atoms with E-state index in [0.29, 0.717) is 5.69 Å². The summed E-state index contributed by atoms with van der Waals surface area (Å²) in [4.78, 5) is -0.0146. The van der Waals surface area contributed by atoms with E-state index in [2.05, 4.69) is 5.32 Å². The highest BCUT2D eigenvalue weighted by molar-refractivity contribution is 7.89. The zero-order chi connectivity index (χ0) is 14.6. The summed E-state index contributed by atoms with van der Waals surface area (Å²) in [6, 6.07) is 4.29. The fourth-order valence-corrected chi connectivity index (χ4v) is 2.22. The molecule has 19 heavy (non-hydrogen) atoms. The van der Waals surface area contributed by atoms with Gasteiger partial charge >= 0.3 is 0 Å². The van der Waals surface area contributed by atoms with Gasteiger partial charge in [-0.1, -0.05) is 12.2 Å². The minimum Gasteiger partial charge on any atom is -0.389 e. The van der Waals surface area contributed by atoms with E-state index in [0.717, 1.165) is 4.31 Å². The van der Waals surface area contributed by atoms with Crippen molar-refractivity contribution in [2.75, 3.05) is 31.7 Å². The highest BCUT2D eigenvalue weighted by Crippen LogP contribution is 2.14. The van der Waals surface area contributed by atoms with Gasteiger partial charge in [-0.3, -0.25) is 0 Å². The van der Waals surface area contributed by atoms with Crippen LogP contribution in [0.4, 0.5) is 10.1 Å². The highest BCUT2D eigenvalue weighted by atomic mass is 32.2. The van der Waals surface area contributed by atoms with Gasteiger partial charge in [0.25, 0.3) is 0 Å². The van der Waals surface area contributed by atoms with Gasteiger partial charge < -0.3 is 11.1 Å². The van der Waals surface area contributed by atoms with E-state index >= 15 is 0 Å². The molecule has 0 fully saturated rings. The van der Waals surface area contributed by atoms with Gasteiger partial charge in [0.2, 0.25) is 10.0 Å². The molecule has 0 saturated heterocycles. The predicted octanol–water partition coefficient (Wildman–Crippen LogP) is 0.763. The Hall–Kier alpha value is -1.25. The van der Waals surface area contributed by atoms with Crippen molar-refractivity contribution in [3.8, 4) is 0 Å². The first-order chi connectivity index (χ1) is 8.74. The van der Waals surface area contributed by atoms with Gasteiger partial charge in [0.1, 0.15) is 10.8 Å². The molecule has 0 aliphatic rings. The molecule has 8 heteroatoms. The molecular formula is C11H16FN3O2S2. The Labute approximate surface area is 117 Å². The lowest BCUT2D eigenvalue weighted by Crippen LogP contribution is -2.28. The molecule has 1 aromatic carbocycles. The quantitative estimate of drug-likeness (QED) is 0.759. The molecular weight excluding hydrogens is 289 g/mol. The summed E-state index contributed by atoms with van der Waals surface area (Å²) in [5.41, 5.74) is 5.99. The second-order valence-electron chi connectivity index (χ2n) is 4.08. The number of anilines is 1. The molecule has 106 valence electrons. The van der Waals surface area contributed by atoms with E-state index in [4.69, 9.17) is 18.0 Å². The summed E-state index contributed by atoms with van der Waals surface area (Å²) < 4.78 is 37.7. The Balaban J connectivity index is 2.65. The molecule has 0 aromatic heterocycles. The summed E-state index contributed by atoms with van der Waals surface area (Å²) in [6.07, 6.45) is 0. The van der Waals surface area contributed by atoms with Crippen LogP contribution in [0.1, 0.15) is 5.56 Å². The summed E-state index contributed by atoms with van der Waals surface area (Å²) in [7, 11) is -0.335. The number of halogens is 1. The number of rotatable bonds is 6. The Morgan fingerprint density at radius 1 is 1.47 bits per heavy atom. The minimum atomic E-state index is -3.26. The second-order valence-corrected chi connectivity index (χ2v) is 6.83. The molecule has 0 aliphatic heterocycles. The van der Waals surface area contributed by atoms with Crippen molar-refractivity contribution in [3.63, 3.8) is 0 Å². The first kappa shape index (κ1) is 15.8. The number of nitrogens with one attached hydrogen (secondary N) is 1. The normalized spacial score (nSPS) is 11.6. The van der Waals surface area contributed by atoms with Gasteiger partial charge in [-0.15, -0.1) is 0 Å². The number of nitrogens with zero attached hydrogens (tertiary/aromatic N) is 1. The maximum absolute atomic E-state index is 13.6. The summed E-state index contributed by atoms with van der Waals surface area (Å²) >= 11 is 4.69. The average Bonchev–Trinajstić information content (AvgIpc) is 2.28. The summed E-state index contributed by atoms with van der Waals surface area (Å²) in [6.45, 7) is 0.187. The van der Waals surface area contributed by atoms with Crippen LogP contribution >= 0.6 is 12.2 Å². The molecule has 0 saturated carbocycles. The third-order valence-electron chi connectivity index (χ3n) is 2.48. The van der Waals surface area contributed by atoms with Crippen LogP contribution in [-0.4, -0.2) is 44.1 Å². The van der Waals surface area contributed by atoms with Crippen molar-refractivity contribution >= 4 is 32.9 Å². The van der Waals surface area contributed by atoms with Gasteiger partial charge in [0.15, 0.2) is 0 Å². The number of sulfonamides is 1. The van der Waals surface area contributed by atoms with E-state index in [-0.39, 0.29) is 22.8 Å². The molecule has 5 nitrogen and oxygen atoms in total. The van der Waals surface area contributed by atoms with Crippen molar-refractivity contribution in [2.45, 2.75) is 0 Å². The fraction of sp³-hybridized carbons (Fsp3) is 0.364. The number of hydrogen-bond donors (Lipinski definition) is 2. The third-order valence-corrected chi connectivity index (χ3v) is 4.53. The molecule has 3 N–H and O–H groups in total. The van der Waals surface area contributed by atoms with E-state index in [9.17, 15) is 12.8 Å². The number of nitrogens with two attached hydrogens (primary N) is 1. The van der Waals surface area contributed by atoms with Crippen LogP contribution in [0.2, 0.25) is 0 Å². The highest BCUT2D eigenvalue weighted by Gasteiger charge is 2.13. The molecule has 0 aliphatic carbocycles. The maximum atomic E-state index is 13.6. The van der Waals surface area contributed by atoms with E-state index < -0.39 is 15.8 Å². The van der Waals surface area contributed by atoms with Crippen molar-refractivity contribution in [1.29, 1.82) is 0 Å². The van der Waals surface area contributed by atoms with Gasteiger partial charge in [-0.2, -0.15) is 0 Å². The van der Waals surface area contributed by atoms with Gasteiger partial charge in [0.05, 0.1) is 5.75 Å². The number of hydrogen-bond acceptors (Lipinski definition) is 4. The maximum Gasteiger partial charge on any atom is 0.215 e. The van der Waals surface area contributed by atoms with E-state index in [1.807, 2.05) is 0 Å². The topological polar surface area (TPSA) is 75.4 Å². The van der Waals surface area contributed by atoms with Crippen molar-refractivity contribution in [3.05, 3.63) is 29.6 Å². The Morgan fingerprint density at radius 2 is 2.11 bits per heavy atom. The largest absolute Gasteiger partial charge is 0.389 e. The van der Waals surface area contributed by atoms with Crippen molar-refractivity contribution < 1.29 is 12.8 Å². The third kappa shape index (κ3) is 4.41. The molecule has 0 radical (unpaired) electrons. The van der Waals surface area contributed by atoms with Crippen LogP contribution in [-0.2, 0) is 10.0 Å². The summed E-state index contributed by atoms with van der Waals surface area (Å²) in [5.74, 6) is -0.605. The number of thiocarbonyl (C=S) groups is 1. The first-order valence-electron chi connectivity index (χ1n) is 5.47. The van der Waals surface area contributed by atoms with Gasteiger partial charge in [-0.05, 0) is 18.2 Å². The molecule has 0 spiro atoms. The number of benzene rings is 1. The lowest BCUT2D eigenvalue weighted by atomic mass is 10.2. The van der Waals surface area contributed by atoms with Crippen LogP contribution in [0.3, 0.4) is 0 Å². The Kier molecular flexibility index (Phi) is 5.21. The molecule has 0 unspecified atom stereocenters. The van der Waals surface area contributed by atoms with Crippen molar-refractivity contribution in [2.24, 2.45) is 5.73 Å². The van der Waals surface area contributed by atoms with Gasteiger partial charge in [0, 0.05) is 31.9 Å². The first-order valence-corrected chi connectivity index (χ1v) is 7.49. The minimum absolute atomic E-state index is 0.0146. The Morgan fingerprint density at radius 3 is 2.58 bits per heavy atom. The SMILES string of the molecule is CN(C)S(=O)(=O)CCNc1ccc(C(N)=S)c(F)c1. The van der Waals surface area contributed by atoms with Crippen LogP contribution in [0.15, 0.2) is 18.2 Å². The van der Waals surface area contributed by atoms with E-state index in [1.165, 1.54) is 26.2 Å². The predicted molar refractivity (Wildman–Crippen MR) is 78.3 cm³/mol. The van der Waals surface area contributed by atoms with Gasteiger partial charge in [-0.25, -0.2) is 17.1 Å². The smallest absolute Gasteiger partial charge is 0.215 e. The van der Waals surface area contributed by atoms with Crippen LogP contribution < -0.4 is 11.1 Å². The van der Waals surface area contributed by atoms with Crippen LogP contribution in [0.5, 0.6) is 0 Å². The zero-order valence-electron chi connectivity index (χ0n) is 10.7. The van der Waals surface area contributed by atoms with Crippen LogP contribution in [0.25, 0.3) is 0 Å². The average molecular weight is 305 g/mol. The van der Waals surface area contributed by atoms with Crippen LogP contribution in [0, 0.1) is 5.82 Å². The molecule has 0 bridgehead atoms. The molecule has 1 rings (SSSR count). The molecule has 1 aromatic rings. The standard InChI is InChI=1S/C11H16FN3O2S2/c1-15(2)19(16,17)6-5-14-8-3-4-9(11(13)18)10(12)7-8/h3-4,7,14H,5-6H2,1-2H3,(H2,13,18).